The Labute approximate surface area is 120 Å². The van der Waals surface area contributed by atoms with Gasteiger partial charge in [-0.1, -0.05) is 17.3 Å². The van der Waals surface area contributed by atoms with E-state index >= 15 is 0 Å². The van der Waals surface area contributed by atoms with Crippen molar-refractivity contribution in [2.75, 3.05) is 0 Å². The van der Waals surface area contributed by atoms with Crippen LogP contribution in [0.4, 0.5) is 0 Å². The summed E-state index contributed by atoms with van der Waals surface area (Å²) in [6.45, 7) is 0.751. The van der Waals surface area contributed by atoms with Gasteiger partial charge in [-0.3, -0.25) is 0 Å². The molecule has 3 aromatic rings. The predicted octanol–water partition coefficient (Wildman–Crippen LogP) is 1.57. The molecule has 0 aliphatic heterocycles. The van der Waals surface area contributed by atoms with E-state index in [4.69, 9.17) is 4.52 Å². The maximum atomic E-state index is 5.42. The van der Waals surface area contributed by atoms with E-state index in [9.17, 15) is 0 Å². The highest BCUT2D eigenvalue weighted by Crippen LogP contribution is 2.23. The maximum absolute atomic E-state index is 5.42. The van der Waals surface area contributed by atoms with Crippen LogP contribution in [0, 0.1) is 0 Å². The standard InChI is InChI=1S/C14H14N6O/c1-2-10(6-13(3-1)20-9-16-18-19-20)14-7-12(17-21-14)8-15-11-4-5-11/h1-3,6-7,9,11,15H,4-5,8H2. The fraction of sp³-hybridized carbons (Fsp3) is 0.286. The van der Waals surface area contributed by atoms with Crippen molar-refractivity contribution in [1.29, 1.82) is 0 Å². The van der Waals surface area contributed by atoms with Crippen LogP contribution in [0.2, 0.25) is 0 Å². The molecular weight excluding hydrogens is 268 g/mol. The van der Waals surface area contributed by atoms with Gasteiger partial charge >= 0.3 is 0 Å². The summed E-state index contributed by atoms with van der Waals surface area (Å²) in [5.41, 5.74) is 2.75. The molecule has 4 rings (SSSR count). The lowest BCUT2D eigenvalue weighted by Crippen LogP contribution is -2.15. The van der Waals surface area contributed by atoms with Gasteiger partial charge in [0.25, 0.3) is 0 Å². The molecule has 0 amide bonds. The number of tetrazole rings is 1. The topological polar surface area (TPSA) is 81.7 Å². The molecule has 0 atom stereocenters. The van der Waals surface area contributed by atoms with E-state index in [1.54, 1.807) is 11.0 Å². The molecular formula is C14H14N6O. The Morgan fingerprint density at radius 2 is 2.24 bits per heavy atom. The van der Waals surface area contributed by atoms with Gasteiger partial charge in [-0.05, 0) is 35.4 Å². The van der Waals surface area contributed by atoms with Crippen molar-refractivity contribution >= 4 is 0 Å². The highest BCUT2D eigenvalue weighted by Gasteiger charge is 2.20. The van der Waals surface area contributed by atoms with Gasteiger partial charge in [0, 0.05) is 24.2 Å². The molecule has 0 spiro atoms. The molecule has 7 heteroatoms. The molecule has 1 aliphatic carbocycles. The lowest BCUT2D eigenvalue weighted by Gasteiger charge is -2.01. The summed E-state index contributed by atoms with van der Waals surface area (Å²) in [5.74, 6) is 0.748. The molecule has 1 aliphatic rings. The summed E-state index contributed by atoms with van der Waals surface area (Å²) in [5, 5.41) is 18.7. The van der Waals surface area contributed by atoms with Gasteiger partial charge in [-0.15, -0.1) is 5.10 Å². The third-order valence-corrected chi connectivity index (χ3v) is 3.45. The molecule has 2 aromatic heterocycles. The molecule has 7 nitrogen and oxygen atoms in total. The van der Waals surface area contributed by atoms with Crippen LogP contribution in [-0.2, 0) is 6.54 Å². The number of rotatable bonds is 5. The van der Waals surface area contributed by atoms with Crippen molar-refractivity contribution in [2.24, 2.45) is 0 Å². The van der Waals surface area contributed by atoms with Crippen LogP contribution in [0.1, 0.15) is 18.5 Å². The minimum atomic E-state index is 0.660. The van der Waals surface area contributed by atoms with Crippen LogP contribution in [0.5, 0.6) is 0 Å². The van der Waals surface area contributed by atoms with Crippen LogP contribution in [0.3, 0.4) is 0 Å². The van der Waals surface area contributed by atoms with Gasteiger partial charge in [-0.25, -0.2) is 4.68 Å². The molecule has 0 radical (unpaired) electrons. The number of aromatic nitrogens is 5. The van der Waals surface area contributed by atoms with Crippen LogP contribution in [-0.4, -0.2) is 31.4 Å². The summed E-state index contributed by atoms with van der Waals surface area (Å²) in [6, 6.07) is 10.5. The molecule has 1 saturated carbocycles. The quantitative estimate of drug-likeness (QED) is 0.765. The number of hydrogen-bond acceptors (Lipinski definition) is 6. The number of benzene rings is 1. The molecule has 1 N–H and O–H groups in total. The van der Waals surface area contributed by atoms with Crippen LogP contribution < -0.4 is 5.32 Å². The zero-order chi connectivity index (χ0) is 14.1. The normalized spacial score (nSPS) is 14.5. The Bertz CT molecular complexity index is 732. The molecule has 2 heterocycles. The Morgan fingerprint density at radius 3 is 3.05 bits per heavy atom. The second-order valence-electron chi connectivity index (χ2n) is 5.14. The summed E-state index contributed by atoms with van der Waals surface area (Å²) < 4.78 is 7.03. The van der Waals surface area contributed by atoms with Crippen LogP contribution >= 0.6 is 0 Å². The average Bonchev–Trinajstić information content (AvgIpc) is 3.03. The maximum Gasteiger partial charge on any atom is 0.167 e. The molecule has 106 valence electrons. The first-order valence-corrected chi connectivity index (χ1v) is 6.91. The van der Waals surface area contributed by atoms with Crippen LogP contribution in [0.25, 0.3) is 17.0 Å². The van der Waals surface area contributed by atoms with E-state index in [0.717, 1.165) is 29.2 Å². The molecule has 1 aromatic carbocycles. The molecule has 0 unspecified atom stereocenters. The van der Waals surface area contributed by atoms with Gasteiger partial charge in [0.2, 0.25) is 0 Å². The van der Waals surface area contributed by atoms with E-state index in [0.29, 0.717) is 6.04 Å². The van der Waals surface area contributed by atoms with Crippen molar-refractivity contribution in [1.82, 2.24) is 30.7 Å². The zero-order valence-electron chi connectivity index (χ0n) is 11.3. The third kappa shape index (κ3) is 2.68. The van der Waals surface area contributed by atoms with Gasteiger partial charge in [-0.2, -0.15) is 0 Å². The van der Waals surface area contributed by atoms with Gasteiger partial charge in [0.1, 0.15) is 6.33 Å². The fourth-order valence-electron chi connectivity index (χ4n) is 2.15. The Kier molecular flexibility index (Phi) is 2.97. The molecule has 0 bridgehead atoms. The van der Waals surface area contributed by atoms with Crippen molar-refractivity contribution in [2.45, 2.75) is 25.4 Å². The number of hydrogen-bond donors (Lipinski definition) is 1. The average molecular weight is 282 g/mol. The minimum absolute atomic E-state index is 0.660. The smallest absolute Gasteiger partial charge is 0.167 e. The van der Waals surface area contributed by atoms with Crippen molar-refractivity contribution in [3.8, 4) is 17.0 Å². The van der Waals surface area contributed by atoms with Crippen LogP contribution in [0.15, 0.2) is 41.2 Å². The minimum Gasteiger partial charge on any atom is -0.356 e. The van der Waals surface area contributed by atoms with E-state index < -0.39 is 0 Å². The first-order chi connectivity index (χ1) is 10.4. The van der Waals surface area contributed by atoms with E-state index in [2.05, 4.69) is 26.0 Å². The SMILES string of the molecule is c1cc(-c2cc(CNC3CC3)no2)cc(-n2cnnn2)c1. The molecule has 21 heavy (non-hydrogen) atoms. The van der Waals surface area contributed by atoms with E-state index in [-0.39, 0.29) is 0 Å². The Morgan fingerprint density at radius 1 is 1.29 bits per heavy atom. The van der Waals surface area contributed by atoms with E-state index in [1.807, 2.05) is 30.3 Å². The first kappa shape index (κ1) is 12.2. The number of nitrogens with zero attached hydrogens (tertiary/aromatic N) is 5. The highest BCUT2D eigenvalue weighted by molar-refractivity contribution is 5.60. The number of nitrogens with one attached hydrogen (secondary N) is 1. The fourth-order valence-corrected chi connectivity index (χ4v) is 2.15. The monoisotopic (exact) mass is 282 g/mol. The van der Waals surface area contributed by atoms with Crippen molar-refractivity contribution < 1.29 is 4.52 Å². The molecule has 0 saturated heterocycles. The summed E-state index contributed by atoms with van der Waals surface area (Å²) in [4.78, 5) is 0. The highest BCUT2D eigenvalue weighted by atomic mass is 16.5. The van der Waals surface area contributed by atoms with Crippen molar-refractivity contribution in [3.63, 3.8) is 0 Å². The summed E-state index contributed by atoms with van der Waals surface area (Å²) in [6.07, 6.45) is 4.09. The van der Waals surface area contributed by atoms with Gasteiger partial charge in [0.15, 0.2) is 5.76 Å². The van der Waals surface area contributed by atoms with E-state index in [1.165, 1.54) is 12.8 Å². The van der Waals surface area contributed by atoms with Gasteiger partial charge in [0.05, 0.1) is 11.4 Å². The summed E-state index contributed by atoms with van der Waals surface area (Å²) >= 11 is 0. The van der Waals surface area contributed by atoms with Crippen molar-refractivity contribution in [3.05, 3.63) is 42.4 Å². The third-order valence-electron chi connectivity index (χ3n) is 3.45. The Hall–Kier alpha value is -2.54. The molecule has 1 fully saturated rings. The second kappa shape index (κ2) is 5.10. The van der Waals surface area contributed by atoms with Gasteiger partial charge < -0.3 is 9.84 Å². The lowest BCUT2D eigenvalue weighted by atomic mass is 10.1. The second-order valence-corrected chi connectivity index (χ2v) is 5.14. The first-order valence-electron chi connectivity index (χ1n) is 6.91. The lowest BCUT2D eigenvalue weighted by molar-refractivity contribution is 0.420. The largest absolute Gasteiger partial charge is 0.356 e. The zero-order valence-corrected chi connectivity index (χ0v) is 11.3. The predicted molar refractivity (Wildman–Crippen MR) is 74.5 cm³/mol. The Balaban J connectivity index is 1.56. The summed E-state index contributed by atoms with van der Waals surface area (Å²) in [7, 11) is 0.